The molecule has 0 bridgehead atoms. The van der Waals surface area contributed by atoms with E-state index in [1.54, 1.807) is 0 Å². The molecular weight excluding hydrogens is 272 g/mol. The van der Waals surface area contributed by atoms with Crippen molar-refractivity contribution in [3.05, 3.63) is 23.2 Å². The van der Waals surface area contributed by atoms with Gasteiger partial charge in [-0.15, -0.1) is 0 Å². The summed E-state index contributed by atoms with van der Waals surface area (Å²) in [6, 6.07) is 1.87. The lowest BCUT2D eigenvalue weighted by atomic mass is 10.2. The van der Waals surface area contributed by atoms with Crippen LogP contribution in [0.3, 0.4) is 0 Å². The minimum Gasteiger partial charge on any atom is -0.456 e. The number of nitrogens with zero attached hydrogens (tertiary/aromatic N) is 1. The first-order valence-electron chi connectivity index (χ1n) is 7.45. The summed E-state index contributed by atoms with van der Waals surface area (Å²) in [5.74, 6) is 0.866. The quantitative estimate of drug-likeness (QED) is 0.803. The molecule has 6 heteroatoms. The normalized spacial score (nSPS) is 17.7. The number of rotatable bonds is 6. The number of furan rings is 1. The van der Waals surface area contributed by atoms with E-state index in [1.807, 2.05) is 19.9 Å². The second-order valence-corrected chi connectivity index (χ2v) is 5.36. The maximum Gasteiger partial charge on any atom is 0.287 e. The van der Waals surface area contributed by atoms with Gasteiger partial charge in [0.1, 0.15) is 5.76 Å². The van der Waals surface area contributed by atoms with Crippen LogP contribution in [0.5, 0.6) is 0 Å². The Morgan fingerprint density at radius 2 is 2.19 bits per heavy atom. The maximum atomic E-state index is 12.0. The fourth-order valence-corrected chi connectivity index (χ4v) is 2.38. The van der Waals surface area contributed by atoms with Crippen LogP contribution in [0.4, 0.5) is 0 Å². The van der Waals surface area contributed by atoms with Crippen LogP contribution in [0.1, 0.15) is 28.8 Å². The molecule has 1 atom stereocenters. The molecule has 0 spiro atoms. The number of hydrogen-bond acceptors (Lipinski definition) is 5. The zero-order valence-electron chi connectivity index (χ0n) is 12.7. The van der Waals surface area contributed by atoms with E-state index in [2.05, 4.69) is 10.2 Å². The van der Waals surface area contributed by atoms with Gasteiger partial charge in [-0.2, -0.15) is 0 Å². The third kappa shape index (κ3) is 4.56. The summed E-state index contributed by atoms with van der Waals surface area (Å²) in [6.45, 7) is 7.63. The zero-order valence-corrected chi connectivity index (χ0v) is 12.7. The number of amides is 1. The van der Waals surface area contributed by atoms with Crippen LogP contribution in [0, 0.1) is 6.92 Å². The number of carbonyl (C=O) groups excluding carboxylic acids is 1. The molecule has 21 heavy (non-hydrogen) atoms. The van der Waals surface area contributed by atoms with Gasteiger partial charge in [0, 0.05) is 38.2 Å². The van der Waals surface area contributed by atoms with Crippen molar-refractivity contribution in [1.29, 1.82) is 0 Å². The average Bonchev–Trinajstić information content (AvgIpc) is 2.87. The van der Waals surface area contributed by atoms with Crippen molar-refractivity contribution in [2.24, 2.45) is 0 Å². The number of hydrogen-bond donors (Lipinski definition) is 2. The van der Waals surface area contributed by atoms with Crippen molar-refractivity contribution in [3.63, 3.8) is 0 Å². The Morgan fingerprint density at radius 3 is 2.81 bits per heavy atom. The van der Waals surface area contributed by atoms with Crippen LogP contribution in [-0.4, -0.2) is 61.4 Å². The number of nitrogens with one attached hydrogen (secondary N) is 1. The van der Waals surface area contributed by atoms with Crippen LogP contribution < -0.4 is 5.32 Å². The Morgan fingerprint density at radius 1 is 1.48 bits per heavy atom. The van der Waals surface area contributed by atoms with Crippen LogP contribution in [-0.2, 0) is 11.2 Å². The zero-order chi connectivity index (χ0) is 15.2. The molecule has 2 heterocycles. The number of β-amino-alcohol motifs (C(OH)–C–C–N with tert-alkyl or cyclic N) is 1. The highest BCUT2D eigenvalue weighted by Gasteiger charge is 2.18. The van der Waals surface area contributed by atoms with Crippen LogP contribution in [0.25, 0.3) is 0 Å². The molecule has 1 aromatic rings. The van der Waals surface area contributed by atoms with Crippen molar-refractivity contribution in [2.75, 3.05) is 39.4 Å². The Kier molecular flexibility index (Phi) is 5.78. The highest BCUT2D eigenvalue weighted by atomic mass is 16.5. The molecule has 0 aliphatic carbocycles. The topological polar surface area (TPSA) is 74.9 Å². The predicted molar refractivity (Wildman–Crippen MR) is 78.4 cm³/mol. The molecule has 2 N–H and O–H groups in total. The molecule has 0 radical (unpaired) electrons. The molecule has 6 nitrogen and oxygen atoms in total. The first-order chi connectivity index (χ1) is 10.1. The van der Waals surface area contributed by atoms with Gasteiger partial charge in [0.05, 0.1) is 19.3 Å². The summed E-state index contributed by atoms with van der Waals surface area (Å²) in [4.78, 5) is 14.2. The Bertz CT molecular complexity index is 466. The fraction of sp³-hybridized carbons (Fsp3) is 0.667. The summed E-state index contributed by atoms with van der Waals surface area (Å²) in [7, 11) is 0. The van der Waals surface area contributed by atoms with E-state index >= 15 is 0 Å². The minimum absolute atomic E-state index is 0.220. The summed E-state index contributed by atoms with van der Waals surface area (Å²) >= 11 is 0. The van der Waals surface area contributed by atoms with Crippen LogP contribution in [0.2, 0.25) is 0 Å². The smallest absolute Gasteiger partial charge is 0.287 e. The van der Waals surface area contributed by atoms with Gasteiger partial charge >= 0.3 is 0 Å². The van der Waals surface area contributed by atoms with Crippen molar-refractivity contribution in [3.8, 4) is 0 Å². The van der Waals surface area contributed by atoms with Crippen molar-refractivity contribution >= 4 is 5.91 Å². The highest BCUT2D eigenvalue weighted by Crippen LogP contribution is 2.14. The van der Waals surface area contributed by atoms with Gasteiger partial charge in [-0.1, -0.05) is 6.92 Å². The lowest BCUT2D eigenvalue weighted by molar-refractivity contribution is 0.0148. The summed E-state index contributed by atoms with van der Waals surface area (Å²) in [6.07, 6.45) is 0.168. The Balaban J connectivity index is 1.78. The number of aryl methyl sites for hydroxylation is 2. The van der Waals surface area contributed by atoms with Crippen LogP contribution >= 0.6 is 0 Å². The molecule has 1 aliphatic rings. The maximum absolute atomic E-state index is 12.0. The standard InChI is InChI=1S/C15H24N2O4/c1-3-13-8-11(2)14(21-13)15(19)16-9-12(18)10-17-4-6-20-7-5-17/h8,12,18H,3-7,9-10H2,1-2H3,(H,16,19)/t12-/m1/s1. The van der Waals surface area contributed by atoms with Crippen LogP contribution in [0.15, 0.2) is 10.5 Å². The molecular formula is C15H24N2O4. The molecule has 118 valence electrons. The summed E-state index contributed by atoms with van der Waals surface area (Å²) < 4.78 is 10.7. The number of morpholine rings is 1. The molecule has 1 fully saturated rings. The highest BCUT2D eigenvalue weighted by molar-refractivity contribution is 5.92. The summed E-state index contributed by atoms with van der Waals surface area (Å²) in [5.41, 5.74) is 0.826. The van der Waals surface area contributed by atoms with Gasteiger partial charge in [-0.3, -0.25) is 9.69 Å². The molecule has 0 unspecified atom stereocenters. The second kappa shape index (κ2) is 7.59. The number of aliphatic hydroxyl groups excluding tert-OH is 1. The van der Waals surface area contributed by atoms with E-state index in [0.29, 0.717) is 25.5 Å². The van der Waals surface area contributed by atoms with E-state index in [9.17, 15) is 9.90 Å². The van der Waals surface area contributed by atoms with E-state index in [1.165, 1.54) is 0 Å². The van der Waals surface area contributed by atoms with Gasteiger partial charge in [0.15, 0.2) is 5.76 Å². The molecule has 1 aliphatic heterocycles. The minimum atomic E-state index is -0.590. The molecule has 1 aromatic heterocycles. The molecule has 1 saturated heterocycles. The van der Waals surface area contributed by atoms with E-state index in [-0.39, 0.29) is 12.5 Å². The van der Waals surface area contributed by atoms with Gasteiger partial charge < -0.3 is 19.6 Å². The first-order valence-corrected chi connectivity index (χ1v) is 7.45. The number of ether oxygens (including phenoxy) is 1. The van der Waals surface area contributed by atoms with Crippen molar-refractivity contribution < 1.29 is 19.1 Å². The second-order valence-electron chi connectivity index (χ2n) is 5.36. The largest absolute Gasteiger partial charge is 0.456 e. The predicted octanol–water partition coefficient (Wildman–Crippen LogP) is 0.573. The SMILES string of the molecule is CCc1cc(C)c(C(=O)NC[C@@H](O)CN2CCOCC2)o1. The third-order valence-electron chi connectivity index (χ3n) is 3.59. The molecule has 2 rings (SSSR count). The van der Waals surface area contributed by atoms with E-state index in [4.69, 9.17) is 9.15 Å². The monoisotopic (exact) mass is 296 g/mol. The fourth-order valence-electron chi connectivity index (χ4n) is 2.38. The number of carbonyl (C=O) groups is 1. The van der Waals surface area contributed by atoms with Crippen molar-refractivity contribution in [2.45, 2.75) is 26.4 Å². The van der Waals surface area contributed by atoms with E-state index < -0.39 is 6.10 Å². The summed E-state index contributed by atoms with van der Waals surface area (Å²) in [5, 5.41) is 12.7. The van der Waals surface area contributed by atoms with E-state index in [0.717, 1.165) is 30.8 Å². The van der Waals surface area contributed by atoms with Crippen molar-refractivity contribution in [1.82, 2.24) is 10.2 Å². The van der Waals surface area contributed by atoms with Gasteiger partial charge in [-0.25, -0.2) is 0 Å². The van der Waals surface area contributed by atoms with Gasteiger partial charge in [0.25, 0.3) is 5.91 Å². The molecule has 0 saturated carbocycles. The lowest BCUT2D eigenvalue weighted by Gasteiger charge is -2.28. The third-order valence-corrected chi connectivity index (χ3v) is 3.59. The van der Waals surface area contributed by atoms with Gasteiger partial charge in [0.2, 0.25) is 0 Å². The van der Waals surface area contributed by atoms with Gasteiger partial charge in [-0.05, 0) is 13.0 Å². The Hall–Kier alpha value is -1.37. The number of aliphatic hydroxyl groups is 1. The Labute approximate surface area is 125 Å². The molecule has 1 amide bonds. The molecule has 0 aromatic carbocycles. The average molecular weight is 296 g/mol. The first kappa shape index (κ1) is 16.0. The lowest BCUT2D eigenvalue weighted by Crippen LogP contribution is -2.44.